The number of carbonyl (C=O) groups excluding carboxylic acids is 2. The maximum Gasteiger partial charge on any atom is 0.336 e. The van der Waals surface area contributed by atoms with Gasteiger partial charge >= 0.3 is 11.9 Å². The molecule has 0 saturated carbocycles. The zero-order chi connectivity index (χ0) is 26.4. The summed E-state index contributed by atoms with van der Waals surface area (Å²) in [5, 5.41) is 6.00. The summed E-state index contributed by atoms with van der Waals surface area (Å²) in [6, 6.07) is 19.3. The second kappa shape index (κ2) is 11.7. The number of esters is 2. The van der Waals surface area contributed by atoms with Crippen LogP contribution in [0.1, 0.15) is 23.4 Å². The minimum atomic E-state index is -1.06. The second-order valence-corrected chi connectivity index (χ2v) is 9.64. The summed E-state index contributed by atoms with van der Waals surface area (Å²) >= 11 is 1.39. The van der Waals surface area contributed by atoms with Crippen LogP contribution in [-0.2, 0) is 29.3 Å². The largest absolute Gasteiger partial charge is 0.469 e. The molecule has 194 valence electrons. The van der Waals surface area contributed by atoms with Gasteiger partial charge in [-0.15, -0.1) is 11.3 Å². The molecule has 0 spiro atoms. The Morgan fingerprint density at radius 1 is 1.05 bits per heavy atom. The molecule has 0 aliphatic carbocycles. The van der Waals surface area contributed by atoms with Gasteiger partial charge in [-0.3, -0.25) is 4.79 Å². The van der Waals surface area contributed by atoms with Crippen molar-refractivity contribution in [2.75, 3.05) is 34.0 Å². The quantitative estimate of drug-likeness (QED) is 0.324. The third-order valence-corrected chi connectivity index (χ3v) is 7.52. The number of nitrogens with two attached hydrogens (primary N) is 1. The molecule has 4 rings (SSSR count). The van der Waals surface area contributed by atoms with Crippen LogP contribution >= 0.6 is 11.3 Å². The van der Waals surface area contributed by atoms with E-state index in [1.54, 1.807) is 6.92 Å². The van der Waals surface area contributed by atoms with Gasteiger partial charge in [-0.1, -0.05) is 60.7 Å². The third-order valence-electron chi connectivity index (χ3n) is 6.59. The predicted molar refractivity (Wildman–Crippen MR) is 142 cm³/mol. The lowest BCUT2D eigenvalue weighted by Crippen LogP contribution is -2.59. The van der Waals surface area contributed by atoms with Crippen molar-refractivity contribution in [3.8, 4) is 11.3 Å². The van der Waals surface area contributed by atoms with E-state index in [0.29, 0.717) is 29.4 Å². The van der Waals surface area contributed by atoms with Gasteiger partial charge in [0, 0.05) is 23.2 Å². The van der Waals surface area contributed by atoms with Crippen LogP contribution in [0.5, 0.6) is 0 Å². The van der Waals surface area contributed by atoms with E-state index >= 15 is 0 Å². The highest BCUT2D eigenvalue weighted by Gasteiger charge is 2.56. The van der Waals surface area contributed by atoms with Crippen molar-refractivity contribution >= 4 is 23.3 Å². The average Bonchev–Trinajstić information content (AvgIpc) is 3.43. The SMILES string of the molecule is COC(=O)C1=C(C)NC(COCCN)(c2ccccc2)C(C(=O)OC)C1c1nc(-c2ccccc2)cs1. The molecule has 1 aliphatic heterocycles. The standard InChI is InChI=1S/C28H31N3O5S/c1-18-22(26(32)34-2)23(25-30-21(16-37-25)19-10-6-4-7-11-19)24(27(33)35-3)28(31-18,17-36-15-14-29)20-12-8-5-9-13-20/h4-13,16,23-24,31H,14-15,17,29H2,1-3H3. The fraction of sp³-hybridized carbons (Fsp3) is 0.321. The highest BCUT2D eigenvalue weighted by atomic mass is 32.1. The molecule has 2 aromatic carbocycles. The molecule has 8 nitrogen and oxygen atoms in total. The first-order chi connectivity index (χ1) is 18.0. The van der Waals surface area contributed by atoms with Crippen molar-refractivity contribution < 1.29 is 23.8 Å². The Balaban J connectivity index is 1.96. The van der Waals surface area contributed by atoms with E-state index < -0.39 is 29.3 Å². The number of hydrogen-bond acceptors (Lipinski definition) is 9. The summed E-state index contributed by atoms with van der Waals surface area (Å²) in [5.74, 6) is -2.68. The molecule has 1 aromatic heterocycles. The van der Waals surface area contributed by atoms with Crippen LogP contribution in [0, 0.1) is 5.92 Å². The summed E-state index contributed by atoms with van der Waals surface area (Å²) < 4.78 is 16.5. The number of benzene rings is 2. The van der Waals surface area contributed by atoms with Crippen LogP contribution in [-0.4, -0.2) is 50.9 Å². The topological polar surface area (TPSA) is 113 Å². The molecular formula is C28H31N3O5S. The lowest BCUT2D eigenvalue weighted by molar-refractivity contribution is -0.152. The Morgan fingerprint density at radius 2 is 1.73 bits per heavy atom. The van der Waals surface area contributed by atoms with Crippen molar-refractivity contribution in [1.29, 1.82) is 0 Å². The molecule has 0 saturated heterocycles. The van der Waals surface area contributed by atoms with Gasteiger partial charge in [0.1, 0.15) is 10.5 Å². The van der Waals surface area contributed by atoms with E-state index in [2.05, 4.69) is 5.32 Å². The second-order valence-electron chi connectivity index (χ2n) is 8.75. The summed E-state index contributed by atoms with van der Waals surface area (Å²) in [4.78, 5) is 31.7. The smallest absolute Gasteiger partial charge is 0.336 e. The molecule has 2 heterocycles. The van der Waals surface area contributed by atoms with Gasteiger partial charge in [0.15, 0.2) is 0 Å². The molecule has 3 aromatic rings. The number of allylic oxidation sites excluding steroid dienone is 1. The number of thiazole rings is 1. The van der Waals surface area contributed by atoms with Gasteiger partial charge < -0.3 is 25.3 Å². The normalized spacial score (nSPS) is 21.3. The van der Waals surface area contributed by atoms with E-state index in [0.717, 1.165) is 16.8 Å². The fourth-order valence-electron chi connectivity index (χ4n) is 4.97. The van der Waals surface area contributed by atoms with Crippen molar-refractivity contribution in [3.63, 3.8) is 0 Å². The minimum absolute atomic E-state index is 0.118. The lowest BCUT2D eigenvalue weighted by Gasteiger charge is -2.48. The molecule has 0 fully saturated rings. The van der Waals surface area contributed by atoms with Crippen LogP contribution < -0.4 is 11.1 Å². The molecule has 3 atom stereocenters. The summed E-state index contributed by atoms with van der Waals surface area (Å²) in [5.41, 5.74) is 8.07. The number of ether oxygens (including phenoxy) is 3. The number of carbonyl (C=O) groups is 2. The maximum atomic E-state index is 13.7. The first kappa shape index (κ1) is 26.5. The third kappa shape index (κ3) is 5.16. The molecule has 1 aliphatic rings. The number of hydrogen-bond donors (Lipinski definition) is 2. The Bertz CT molecular complexity index is 1260. The summed E-state index contributed by atoms with van der Waals surface area (Å²) in [7, 11) is 2.67. The highest BCUT2D eigenvalue weighted by Crippen LogP contribution is 2.50. The van der Waals surface area contributed by atoms with Crippen LogP contribution in [0.4, 0.5) is 0 Å². The number of methoxy groups -OCH3 is 2. The number of aromatic nitrogens is 1. The van der Waals surface area contributed by atoms with E-state index in [-0.39, 0.29) is 6.61 Å². The van der Waals surface area contributed by atoms with Gasteiger partial charge in [-0.2, -0.15) is 0 Å². The van der Waals surface area contributed by atoms with Crippen LogP contribution in [0.3, 0.4) is 0 Å². The first-order valence-corrected chi connectivity index (χ1v) is 12.8. The van der Waals surface area contributed by atoms with Gasteiger partial charge in [-0.25, -0.2) is 9.78 Å². The van der Waals surface area contributed by atoms with Crippen LogP contribution in [0.25, 0.3) is 11.3 Å². The van der Waals surface area contributed by atoms with Gasteiger partial charge in [0.05, 0.1) is 50.5 Å². The summed E-state index contributed by atoms with van der Waals surface area (Å²) in [6.45, 7) is 2.55. The van der Waals surface area contributed by atoms with Gasteiger partial charge in [-0.05, 0) is 12.5 Å². The molecule has 0 bridgehead atoms. The van der Waals surface area contributed by atoms with Crippen molar-refractivity contribution in [2.45, 2.75) is 18.4 Å². The number of nitrogens with one attached hydrogen (secondary N) is 1. The van der Waals surface area contributed by atoms with Crippen molar-refractivity contribution in [1.82, 2.24) is 10.3 Å². The summed E-state index contributed by atoms with van der Waals surface area (Å²) in [6.07, 6.45) is 0. The monoisotopic (exact) mass is 521 g/mol. The van der Waals surface area contributed by atoms with Gasteiger partial charge in [0.2, 0.25) is 0 Å². The molecule has 3 N–H and O–H groups in total. The average molecular weight is 522 g/mol. The molecule has 0 radical (unpaired) electrons. The highest BCUT2D eigenvalue weighted by molar-refractivity contribution is 7.10. The number of rotatable bonds is 9. The van der Waals surface area contributed by atoms with E-state index in [1.807, 2.05) is 66.0 Å². The minimum Gasteiger partial charge on any atom is -0.469 e. The van der Waals surface area contributed by atoms with Gasteiger partial charge in [0.25, 0.3) is 0 Å². The molecular weight excluding hydrogens is 490 g/mol. The Kier molecular flexibility index (Phi) is 8.38. The predicted octanol–water partition coefficient (Wildman–Crippen LogP) is 3.60. The van der Waals surface area contributed by atoms with Crippen LogP contribution in [0.15, 0.2) is 77.3 Å². The Hall–Kier alpha value is -3.53. The maximum absolute atomic E-state index is 13.7. The molecule has 37 heavy (non-hydrogen) atoms. The lowest BCUT2D eigenvalue weighted by atomic mass is 9.66. The van der Waals surface area contributed by atoms with Crippen molar-refractivity contribution in [2.24, 2.45) is 11.7 Å². The molecule has 9 heteroatoms. The van der Waals surface area contributed by atoms with E-state index in [9.17, 15) is 9.59 Å². The van der Waals surface area contributed by atoms with E-state index in [1.165, 1.54) is 25.6 Å². The zero-order valence-corrected chi connectivity index (χ0v) is 21.9. The number of nitrogens with zero attached hydrogens (tertiary/aromatic N) is 1. The van der Waals surface area contributed by atoms with Crippen LogP contribution in [0.2, 0.25) is 0 Å². The molecule has 3 unspecified atom stereocenters. The molecule has 0 amide bonds. The zero-order valence-electron chi connectivity index (χ0n) is 21.1. The Labute approximate surface area is 220 Å². The Morgan fingerprint density at radius 3 is 2.35 bits per heavy atom. The van der Waals surface area contributed by atoms with E-state index in [4.69, 9.17) is 24.9 Å². The first-order valence-electron chi connectivity index (χ1n) is 12.0. The fourth-order valence-corrected chi connectivity index (χ4v) is 5.94. The van der Waals surface area contributed by atoms with Crippen molar-refractivity contribution in [3.05, 3.63) is 87.9 Å².